The molecule has 0 rings (SSSR count). The number of carboxylic acids is 1. The standard InChI is InChI=1S/C10H20N2O4/c1-3-7(2)11-6-9(14)12-8(4-5-13)10(15)16/h7-8,11,13H,3-6H2,1-2H3,(H,12,14)(H,15,16)/t7?,8-/m1/s1. The van der Waals surface area contributed by atoms with Crippen molar-refractivity contribution in [2.45, 2.75) is 38.8 Å². The summed E-state index contributed by atoms with van der Waals surface area (Å²) in [6.45, 7) is 3.75. The van der Waals surface area contributed by atoms with Crippen LogP contribution in [-0.4, -0.2) is 47.3 Å². The van der Waals surface area contributed by atoms with Gasteiger partial charge < -0.3 is 20.8 Å². The number of carbonyl (C=O) groups excluding carboxylic acids is 1. The number of aliphatic hydroxyl groups excluding tert-OH is 1. The Hall–Kier alpha value is -1.14. The van der Waals surface area contributed by atoms with Crippen molar-refractivity contribution in [3.8, 4) is 0 Å². The SMILES string of the molecule is CCC(C)NCC(=O)N[C@H](CCO)C(=O)O. The van der Waals surface area contributed by atoms with E-state index in [9.17, 15) is 9.59 Å². The topological polar surface area (TPSA) is 98.7 Å². The first-order chi connectivity index (χ1) is 7.51. The predicted octanol–water partition coefficient (Wildman–Crippen LogP) is -0.674. The minimum Gasteiger partial charge on any atom is -0.480 e. The maximum absolute atomic E-state index is 11.3. The molecule has 0 aromatic rings. The Labute approximate surface area is 95.0 Å². The van der Waals surface area contributed by atoms with Crippen LogP contribution in [0.4, 0.5) is 0 Å². The highest BCUT2D eigenvalue weighted by Gasteiger charge is 2.18. The maximum atomic E-state index is 11.3. The fourth-order valence-corrected chi connectivity index (χ4v) is 1.04. The molecule has 0 aliphatic rings. The lowest BCUT2D eigenvalue weighted by Gasteiger charge is -2.15. The van der Waals surface area contributed by atoms with E-state index < -0.39 is 12.0 Å². The van der Waals surface area contributed by atoms with E-state index in [0.717, 1.165) is 6.42 Å². The molecule has 0 bridgehead atoms. The van der Waals surface area contributed by atoms with Crippen molar-refractivity contribution in [1.29, 1.82) is 0 Å². The van der Waals surface area contributed by atoms with Crippen LogP contribution >= 0.6 is 0 Å². The Morgan fingerprint density at radius 2 is 2.00 bits per heavy atom. The molecular formula is C10H20N2O4. The van der Waals surface area contributed by atoms with E-state index in [2.05, 4.69) is 10.6 Å². The summed E-state index contributed by atoms with van der Waals surface area (Å²) in [5.41, 5.74) is 0. The average Bonchev–Trinajstić information content (AvgIpc) is 2.25. The number of nitrogens with one attached hydrogen (secondary N) is 2. The number of hydrogen-bond acceptors (Lipinski definition) is 4. The van der Waals surface area contributed by atoms with Gasteiger partial charge in [0.2, 0.25) is 5.91 Å². The molecule has 16 heavy (non-hydrogen) atoms. The molecule has 1 unspecified atom stereocenters. The van der Waals surface area contributed by atoms with Crippen LogP contribution in [0.1, 0.15) is 26.7 Å². The third kappa shape index (κ3) is 6.36. The zero-order valence-electron chi connectivity index (χ0n) is 9.69. The molecule has 6 nitrogen and oxygen atoms in total. The first-order valence-electron chi connectivity index (χ1n) is 5.37. The summed E-state index contributed by atoms with van der Waals surface area (Å²) in [6, 6.07) is -0.803. The van der Waals surface area contributed by atoms with Crippen LogP contribution in [0.5, 0.6) is 0 Å². The second kappa shape index (κ2) is 8.06. The molecule has 6 heteroatoms. The zero-order valence-corrected chi connectivity index (χ0v) is 9.69. The van der Waals surface area contributed by atoms with E-state index in [0.29, 0.717) is 0 Å². The van der Waals surface area contributed by atoms with Gasteiger partial charge in [-0.3, -0.25) is 4.79 Å². The normalized spacial score (nSPS) is 14.2. The highest BCUT2D eigenvalue weighted by atomic mass is 16.4. The molecule has 2 atom stereocenters. The summed E-state index contributed by atoms with van der Waals surface area (Å²) >= 11 is 0. The molecule has 1 amide bonds. The van der Waals surface area contributed by atoms with Crippen LogP contribution < -0.4 is 10.6 Å². The van der Waals surface area contributed by atoms with Gasteiger partial charge in [0.05, 0.1) is 6.54 Å². The van der Waals surface area contributed by atoms with E-state index in [1.165, 1.54) is 0 Å². The van der Waals surface area contributed by atoms with Crippen molar-refractivity contribution in [2.75, 3.05) is 13.2 Å². The molecule has 0 aliphatic heterocycles. The van der Waals surface area contributed by atoms with Crippen molar-refractivity contribution >= 4 is 11.9 Å². The minimum atomic E-state index is -1.13. The van der Waals surface area contributed by atoms with Crippen molar-refractivity contribution < 1.29 is 19.8 Å². The summed E-state index contributed by atoms with van der Waals surface area (Å²) in [7, 11) is 0. The molecule has 0 saturated heterocycles. The molecule has 0 saturated carbocycles. The molecule has 0 spiro atoms. The summed E-state index contributed by atoms with van der Waals surface area (Å²) in [6.07, 6.45) is 0.913. The van der Waals surface area contributed by atoms with Gasteiger partial charge in [0.25, 0.3) is 0 Å². The number of carboxylic acid groups (broad SMARTS) is 1. The van der Waals surface area contributed by atoms with Gasteiger partial charge in [-0.25, -0.2) is 4.79 Å². The van der Waals surface area contributed by atoms with Crippen LogP contribution in [-0.2, 0) is 9.59 Å². The fraction of sp³-hybridized carbons (Fsp3) is 0.800. The number of amides is 1. The molecule has 4 N–H and O–H groups in total. The van der Waals surface area contributed by atoms with Gasteiger partial charge in [-0.05, 0) is 13.3 Å². The number of rotatable bonds is 8. The molecule has 0 radical (unpaired) electrons. The smallest absolute Gasteiger partial charge is 0.326 e. The van der Waals surface area contributed by atoms with E-state index in [1.54, 1.807) is 0 Å². The van der Waals surface area contributed by atoms with Gasteiger partial charge in [-0.1, -0.05) is 6.92 Å². The zero-order chi connectivity index (χ0) is 12.6. The highest BCUT2D eigenvalue weighted by Crippen LogP contribution is 1.91. The highest BCUT2D eigenvalue weighted by molar-refractivity contribution is 5.84. The summed E-state index contributed by atoms with van der Waals surface area (Å²) in [5.74, 6) is -1.51. The lowest BCUT2D eigenvalue weighted by Crippen LogP contribution is -2.46. The largest absolute Gasteiger partial charge is 0.480 e. The van der Waals surface area contributed by atoms with Gasteiger partial charge in [-0.15, -0.1) is 0 Å². The molecule has 0 aliphatic carbocycles. The van der Waals surface area contributed by atoms with Crippen LogP contribution in [0.15, 0.2) is 0 Å². The first-order valence-corrected chi connectivity index (χ1v) is 5.37. The van der Waals surface area contributed by atoms with Crippen LogP contribution in [0, 0.1) is 0 Å². The summed E-state index contributed by atoms with van der Waals surface area (Å²) < 4.78 is 0. The second-order valence-electron chi connectivity index (χ2n) is 3.66. The molecule has 0 aromatic heterocycles. The third-order valence-electron chi connectivity index (χ3n) is 2.27. The third-order valence-corrected chi connectivity index (χ3v) is 2.27. The fourth-order valence-electron chi connectivity index (χ4n) is 1.04. The number of hydrogen-bond donors (Lipinski definition) is 4. The van der Waals surface area contributed by atoms with Crippen molar-refractivity contribution in [3.05, 3.63) is 0 Å². The Morgan fingerprint density at radius 3 is 2.44 bits per heavy atom. The average molecular weight is 232 g/mol. The summed E-state index contributed by atoms with van der Waals surface area (Å²) in [4.78, 5) is 22.0. The Kier molecular flexibility index (Phi) is 7.49. The molecule has 94 valence electrons. The van der Waals surface area contributed by atoms with Crippen molar-refractivity contribution in [2.24, 2.45) is 0 Å². The van der Waals surface area contributed by atoms with Gasteiger partial charge >= 0.3 is 5.97 Å². The maximum Gasteiger partial charge on any atom is 0.326 e. The Balaban J connectivity index is 3.95. The van der Waals surface area contributed by atoms with Crippen LogP contribution in [0.25, 0.3) is 0 Å². The number of aliphatic carboxylic acids is 1. The van der Waals surface area contributed by atoms with Crippen LogP contribution in [0.2, 0.25) is 0 Å². The number of aliphatic hydroxyl groups is 1. The minimum absolute atomic E-state index is 0.0183. The lowest BCUT2D eigenvalue weighted by molar-refractivity contribution is -0.142. The van der Waals surface area contributed by atoms with Gasteiger partial charge in [0.15, 0.2) is 0 Å². The van der Waals surface area contributed by atoms with E-state index >= 15 is 0 Å². The molecule has 0 fully saturated rings. The molecular weight excluding hydrogens is 212 g/mol. The Morgan fingerprint density at radius 1 is 1.38 bits per heavy atom. The molecule has 0 heterocycles. The quantitative estimate of drug-likeness (QED) is 0.445. The first kappa shape index (κ1) is 14.9. The van der Waals surface area contributed by atoms with Crippen molar-refractivity contribution in [3.63, 3.8) is 0 Å². The summed E-state index contributed by atoms with van der Waals surface area (Å²) in [5, 5.41) is 22.6. The van der Waals surface area contributed by atoms with Crippen molar-refractivity contribution in [1.82, 2.24) is 10.6 Å². The van der Waals surface area contributed by atoms with Gasteiger partial charge in [-0.2, -0.15) is 0 Å². The van der Waals surface area contributed by atoms with Gasteiger partial charge in [0, 0.05) is 19.1 Å². The number of carbonyl (C=O) groups is 2. The van der Waals surface area contributed by atoms with E-state index in [-0.39, 0.29) is 31.5 Å². The van der Waals surface area contributed by atoms with E-state index in [4.69, 9.17) is 10.2 Å². The lowest BCUT2D eigenvalue weighted by atomic mass is 10.2. The monoisotopic (exact) mass is 232 g/mol. The second-order valence-corrected chi connectivity index (χ2v) is 3.66. The van der Waals surface area contributed by atoms with E-state index in [1.807, 2.05) is 13.8 Å². The predicted molar refractivity (Wildman–Crippen MR) is 59.0 cm³/mol. The van der Waals surface area contributed by atoms with Crippen LogP contribution in [0.3, 0.4) is 0 Å². The van der Waals surface area contributed by atoms with Gasteiger partial charge in [0.1, 0.15) is 6.04 Å². The Bertz CT molecular complexity index is 233. The molecule has 0 aromatic carbocycles.